The number of methoxy groups -OCH3 is 1. The molecule has 0 saturated heterocycles. The van der Waals surface area contributed by atoms with E-state index in [0.29, 0.717) is 55.1 Å². The van der Waals surface area contributed by atoms with Crippen molar-refractivity contribution in [2.45, 2.75) is 59.4 Å². The van der Waals surface area contributed by atoms with Crippen LogP contribution in [0.1, 0.15) is 40.3 Å². The number of benzene rings is 2. The molecule has 2 N–H and O–H groups in total. The predicted octanol–water partition coefficient (Wildman–Crippen LogP) is 6.59. The van der Waals surface area contributed by atoms with E-state index in [1.807, 2.05) is 70.8 Å². The van der Waals surface area contributed by atoms with E-state index < -0.39 is 5.60 Å². The van der Waals surface area contributed by atoms with E-state index in [1.54, 1.807) is 24.3 Å². The van der Waals surface area contributed by atoms with E-state index in [1.165, 1.54) is 6.08 Å². The molecule has 2 aromatic carbocycles. The third-order valence-electron chi connectivity index (χ3n) is 8.03. The summed E-state index contributed by atoms with van der Waals surface area (Å²) in [4.78, 5) is 38.5. The number of ether oxygens (including phenoxy) is 3. The van der Waals surface area contributed by atoms with Crippen LogP contribution in [-0.4, -0.2) is 76.9 Å². The van der Waals surface area contributed by atoms with Crippen molar-refractivity contribution in [1.29, 1.82) is 0 Å². The summed E-state index contributed by atoms with van der Waals surface area (Å²) in [7, 11) is 3.46. The standard InChI is InChI=1S/C36H45N7O5/c1-9-32(44)38-26-20-27(31(46-8)21-29(26)41(7)16-17-42(23(2)3)35(45)48-36(4,5)6)40-34-37-15-14-25(39-34)33-24-12-10-11-13-28(24)43-18-19-47-22-30(33)43/h9-15,20-21,23H,1,16-19,22H2,2-8H3,(H,38,44)(H,37,39,40). The van der Waals surface area contributed by atoms with Crippen LogP contribution in [0.4, 0.5) is 27.8 Å². The van der Waals surface area contributed by atoms with Crippen molar-refractivity contribution in [2.75, 3.05) is 49.4 Å². The van der Waals surface area contributed by atoms with E-state index in [2.05, 4.69) is 38.9 Å². The zero-order valence-corrected chi connectivity index (χ0v) is 28.8. The summed E-state index contributed by atoms with van der Waals surface area (Å²) in [6.45, 7) is 15.8. The Morgan fingerprint density at radius 3 is 2.62 bits per heavy atom. The lowest BCUT2D eigenvalue weighted by Crippen LogP contribution is -2.44. The molecule has 12 heteroatoms. The summed E-state index contributed by atoms with van der Waals surface area (Å²) >= 11 is 0. The van der Waals surface area contributed by atoms with Crippen LogP contribution in [0.25, 0.3) is 22.2 Å². The molecule has 0 bridgehead atoms. The Kier molecular flexibility index (Phi) is 10.2. The summed E-state index contributed by atoms with van der Waals surface area (Å²) in [5.41, 5.74) is 5.14. The van der Waals surface area contributed by atoms with Crippen LogP contribution >= 0.6 is 0 Å². The molecule has 3 heterocycles. The van der Waals surface area contributed by atoms with Crippen LogP contribution in [0, 0.1) is 0 Å². The van der Waals surface area contributed by atoms with Crippen molar-refractivity contribution in [3.05, 3.63) is 67.0 Å². The van der Waals surface area contributed by atoms with Gasteiger partial charge in [0.25, 0.3) is 0 Å². The third kappa shape index (κ3) is 7.54. The summed E-state index contributed by atoms with van der Waals surface area (Å²) in [5.74, 6) is 0.498. The van der Waals surface area contributed by atoms with Gasteiger partial charge < -0.3 is 39.2 Å². The number of fused-ring (bicyclic) bond motifs is 3. The Morgan fingerprint density at radius 2 is 1.92 bits per heavy atom. The minimum atomic E-state index is -0.610. The van der Waals surface area contributed by atoms with Crippen molar-refractivity contribution < 1.29 is 23.8 Å². The van der Waals surface area contributed by atoms with Gasteiger partial charge in [0.05, 0.1) is 48.8 Å². The number of aromatic nitrogens is 3. The molecule has 0 atom stereocenters. The van der Waals surface area contributed by atoms with Gasteiger partial charge in [-0.1, -0.05) is 24.8 Å². The summed E-state index contributed by atoms with van der Waals surface area (Å²) < 4.78 is 19.6. The fourth-order valence-corrected chi connectivity index (χ4v) is 5.75. The number of rotatable bonds is 11. The molecule has 0 fully saturated rings. The van der Waals surface area contributed by atoms with E-state index in [4.69, 9.17) is 19.2 Å². The van der Waals surface area contributed by atoms with E-state index in [9.17, 15) is 9.59 Å². The van der Waals surface area contributed by atoms with Crippen LogP contribution in [0.2, 0.25) is 0 Å². The molecular weight excluding hydrogens is 610 g/mol. The molecular formula is C36H45N7O5. The zero-order valence-electron chi connectivity index (χ0n) is 28.8. The maximum absolute atomic E-state index is 12.9. The van der Waals surface area contributed by atoms with Gasteiger partial charge in [-0.2, -0.15) is 0 Å². The number of hydrogen-bond acceptors (Lipinski definition) is 9. The number of hydrogen-bond donors (Lipinski definition) is 2. The second-order valence-corrected chi connectivity index (χ2v) is 12.9. The first-order valence-electron chi connectivity index (χ1n) is 16.0. The van der Waals surface area contributed by atoms with Crippen molar-refractivity contribution >= 4 is 45.9 Å². The minimum absolute atomic E-state index is 0.0759. The minimum Gasteiger partial charge on any atom is -0.494 e. The highest BCUT2D eigenvalue weighted by molar-refractivity contribution is 6.02. The number of likely N-dealkylation sites (N-methyl/N-ethyl adjacent to an activating group) is 1. The van der Waals surface area contributed by atoms with Crippen LogP contribution < -0.4 is 20.3 Å². The average molecular weight is 656 g/mol. The van der Waals surface area contributed by atoms with Gasteiger partial charge >= 0.3 is 6.09 Å². The predicted molar refractivity (Wildman–Crippen MR) is 189 cm³/mol. The van der Waals surface area contributed by atoms with E-state index >= 15 is 0 Å². The third-order valence-corrected chi connectivity index (χ3v) is 8.03. The van der Waals surface area contributed by atoms with Gasteiger partial charge in [-0.3, -0.25) is 4.79 Å². The van der Waals surface area contributed by atoms with Gasteiger partial charge in [-0.25, -0.2) is 14.8 Å². The normalized spacial score (nSPS) is 12.8. The lowest BCUT2D eigenvalue weighted by atomic mass is 10.1. The first-order valence-corrected chi connectivity index (χ1v) is 16.0. The lowest BCUT2D eigenvalue weighted by molar-refractivity contribution is -0.111. The smallest absolute Gasteiger partial charge is 0.410 e. The van der Waals surface area contributed by atoms with Crippen LogP contribution in [-0.2, 0) is 27.4 Å². The number of carbonyl (C=O) groups is 2. The fraction of sp³-hybridized carbons (Fsp3) is 0.389. The Hall–Kier alpha value is -5.10. The molecule has 2 aromatic heterocycles. The first-order chi connectivity index (χ1) is 22.9. The van der Waals surface area contributed by atoms with E-state index in [0.717, 1.165) is 34.4 Å². The Balaban J connectivity index is 1.45. The molecule has 1 aliphatic rings. The molecule has 0 radical (unpaired) electrons. The van der Waals surface area contributed by atoms with Gasteiger partial charge in [0.2, 0.25) is 11.9 Å². The Labute approximate surface area is 281 Å². The summed E-state index contributed by atoms with van der Waals surface area (Å²) in [5, 5.41) is 7.32. The average Bonchev–Trinajstić information content (AvgIpc) is 3.38. The van der Waals surface area contributed by atoms with Gasteiger partial charge in [-0.15, -0.1) is 0 Å². The highest BCUT2D eigenvalue weighted by Crippen LogP contribution is 2.39. The number of para-hydroxylation sites is 1. The molecule has 12 nitrogen and oxygen atoms in total. The number of nitrogens with zero attached hydrogens (tertiary/aromatic N) is 5. The van der Waals surface area contributed by atoms with Crippen molar-refractivity contribution in [3.8, 4) is 17.0 Å². The fourth-order valence-electron chi connectivity index (χ4n) is 5.75. The SMILES string of the molecule is C=CC(=O)Nc1cc(Nc2nccc(-c3c4n(c5ccccc35)CCOC4)n2)c(OC)cc1N(C)CCN(C(=O)OC(C)(C)C)C(C)C. The molecule has 4 aromatic rings. The van der Waals surface area contributed by atoms with Crippen LogP contribution in [0.3, 0.4) is 0 Å². The maximum Gasteiger partial charge on any atom is 0.410 e. The number of carbonyl (C=O) groups excluding carboxylic acids is 2. The summed E-state index contributed by atoms with van der Waals surface area (Å²) in [6, 6.07) is 13.7. The molecule has 1 aliphatic heterocycles. The molecule has 5 rings (SSSR count). The van der Waals surface area contributed by atoms with Crippen LogP contribution in [0.5, 0.6) is 5.75 Å². The van der Waals surface area contributed by atoms with Crippen molar-refractivity contribution in [1.82, 2.24) is 19.4 Å². The second-order valence-electron chi connectivity index (χ2n) is 12.9. The summed E-state index contributed by atoms with van der Waals surface area (Å²) in [6.07, 6.45) is 2.54. The van der Waals surface area contributed by atoms with Gasteiger partial charge in [0.15, 0.2) is 0 Å². The number of anilines is 4. The topological polar surface area (TPSA) is 123 Å². The van der Waals surface area contributed by atoms with Crippen molar-refractivity contribution in [3.63, 3.8) is 0 Å². The largest absolute Gasteiger partial charge is 0.494 e. The molecule has 48 heavy (non-hydrogen) atoms. The molecule has 0 unspecified atom stereocenters. The first kappa shape index (κ1) is 34.2. The van der Waals surface area contributed by atoms with Crippen LogP contribution in [0.15, 0.2) is 61.3 Å². The second kappa shape index (κ2) is 14.3. The molecule has 0 aliphatic carbocycles. The highest BCUT2D eigenvalue weighted by Gasteiger charge is 2.26. The van der Waals surface area contributed by atoms with E-state index in [-0.39, 0.29) is 18.0 Å². The Morgan fingerprint density at radius 1 is 1.15 bits per heavy atom. The quantitative estimate of drug-likeness (QED) is 0.172. The number of nitrogens with one attached hydrogen (secondary N) is 2. The lowest BCUT2D eigenvalue weighted by Gasteiger charge is -2.32. The monoisotopic (exact) mass is 655 g/mol. The highest BCUT2D eigenvalue weighted by atomic mass is 16.6. The van der Waals surface area contributed by atoms with Gasteiger partial charge in [0.1, 0.15) is 11.4 Å². The van der Waals surface area contributed by atoms with Crippen molar-refractivity contribution in [2.24, 2.45) is 0 Å². The zero-order chi connectivity index (χ0) is 34.6. The Bertz CT molecular complexity index is 1810. The molecule has 0 saturated carbocycles. The number of amides is 2. The van der Waals surface area contributed by atoms with Gasteiger partial charge in [0, 0.05) is 61.5 Å². The molecule has 2 amide bonds. The molecule has 254 valence electrons. The molecule has 0 spiro atoms. The van der Waals surface area contributed by atoms with Gasteiger partial charge in [-0.05, 0) is 58.9 Å². The maximum atomic E-state index is 12.9.